The number of nitrogen functional groups attached to an aromatic ring is 1. The molecule has 0 aliphatic carbocycles. The first-order valence-corrected chi connectivity index (χ1v) is 7.22. The van der Waals surface area contributed by atoms with Crippen molar-refractivity contribution in [3.8, 4) is 0 Å². The Bertz CT molecular complexity index is 462. The van der Waals surface area contributed by atoms with Gasteiger partial charge in [0.25, 0.3) is 0 Å². The zero-order valence-electron chi connectivity index (χ0n) is 12.6. The molecule has 1 aliphatic heterocycles. The molecule has 0 aromatic heterocycles. The Labute approximate surface area is 120 Å². The number of nitrogens with zero attached hydrogens (tertiary/aromatic N) is 1. The molecule has 1 heterocycles. The molecule has 20 heavy (non-hydrogen) atoms. The zero-order valence-corrected chi connectivity index (χ0v) is 12.6. The molecule has 0 bridgehead atoms. The van der Waals surface area contributed by atoms with E-state index >= 15 is 0 Å². The SMILES string of the molecule is CC(C)(C)C(=O)ON1CCCCC1c1ccc(N)cc1. The van der Waals surface area contributed by atoms with E-state index in [2.05, 4.69) is 0 Å². The molecule has 1 unspecified atom stereocenters. The first kappa shape index (κ1) is 14.9. The van der Waals surface area contributed by atoms with E-state index in [0.29, 0.717) is 0 Å². The Morgan fingerprint density at radius 3 is 2.50 bits per heavy atom. The van der Waals surface area contributed by atoms with Gasteiger partial charge in [-0.1, -0.05) is 18.6 Å². The smallest absolute Gasteiger partial charge is 0.330 e. The number of nitrogens with two attached hydrogens (primary N) is 1. The summed E-state index contributed by atoms with van der Waals surface area (Å²) in [6.45, 7) is 6.41. The highest BCUT2D eigenvalue weighted by Crippen LogP contribution is 2.32. The third kappa shape index (κ3) is 3.51. The Morgan fingerprint density at radius 2 is 1.90 bits per heavy atom. The lowest BCUT2D eigenvalue weighted by atomic mass is 9.96. The monoisotopic (exact) mass is 276 g/mol. The molecule has 0 amide bonds. The lowest BCUT2D eigenvalue weighted by Crippen LogP contribution is -2.38. The molecule has 4 nitrogen and oxygen atoms in total. The molecule has 0 spiro atoms. The standard InChI is InChI=1S/C16H24N2O2/c1-16(2,3)15(19)20-18-11-5-4-6-14(18)12-7-9-13(17)10-8-12/h7-10,14H,4-6,11,17H2,1-3H3. The predicted octanol–water partition coefficient (Wildman–Crippen LogP) is 3.30. The van der Waals surface area contributed by atoms with Crippen LogP contribution in [0.3, 0.4) is 0 Å². The molecule has 0 radical (unpaired) electrons. The van der Waals surface area contributed by atoms with E-state index in [1.165, 1.54) is 0 Å². The van der Waals surface area contributed by atoms with Gasteiger partial charge in [0.1, 0.15) is 0 Å². The minimum Gasteiger partial charge on any atom is -0.399 e. The van der Waals surface area contributed by atoms with Gasteiger partial charge in [0.05, 0.1) is 11.5 Å². The largest absolute Gasteiger partial charge is 0.399 e. The van der Waals surface area contributed by atoms with Gasteiger partial charge in [0.2, 0.25) is 0 Å². The Hall–Kier alpha value is -1.55. The molecule has 2 rings (SSSR count). The van der Waals surface area contributed by atoms with Crippen LogP contribution in [0.15, 0.2) is 24.3 Å². The predicted molar refractivity (Wildman–Crippen MR) is 79.7 cm³/mol. The lowest BCUT2D eigenvalue weighted by molar-refractivity contribution is -0.218. The van der Waals surface area contributed by atoms with E-state index in [9.17, 15) is 4.79 Å². The summed E-state index contributed by atoms with van der Waals surface area (Å²) >= 11 is 0. The molecule has 4 heteroatoms. The maximum Gasteiger partial charge on any atom is 0.330 e. The van der Waals surface area contributed by atoms with E-state index in [-0.39, 0.29) is 12.0 Å². The third-order valence-electron chi connectivity index (χ3n) is 3.59. The summed E-state index contributed by atoms with van der Waals surface area (Å²) in [5.74, 6) is -0.181. The number of hydroxylamine groups is 2. The van der Waals surface area contributed by atoms with E-state index < -0.39 is 5.41 Å². The van der Waals surface area contributed by atoms with Crippen molar-refractivity contribution in [3.63, 3.8) is 0 Å². The number of carbonyl (C=O) groups excluding carboxylic acids is 1. The summed E-state index contributed by atoms with van der Waals surface area (Å²) in [4.78, 5) is 17.7. The van der Waals surface area contributed by atoms with Crippen LogP contribution in [0.4, 0.5) is 5.69 Å². The third-order valence-corrected chi connectivity index (χ3v) is 3.59. The average Bonchev–Trinajstić information content (AvgIpc) is 2.39. The van der Waals surface area contributed by atoms with Crippen LogP contribution in [0.2, 0.25) is 0 Å². The van der Waals surface area contributed by atoms with Crippen molar-refractivity contribution in [2.75, 3.05) is 12.3 Å². The van der Waals surface area contributed by atoms with Crippen molar-refractivity contribution in [1.82, 2.24) is 5.06 Å². The highest BCUT2D eigenvalue weighted by Gasteiger charge is 2.31. The average molecular weight is 276 g/mol. The first-order chi connectivity index (χ1) is 9.38. The molecular formula is C16H24N2O2. The van der Waals surface area contributed by atoms with Gasteiger partial charge in [-0.2, -0.15) is 0 Å². The van der Waals surface area contributed by atoms with E-state index in [1.54, 1.807) is 0 Å². The van der Waals surface area contributed by atoms with Crippen LogP contribution < -0.4 is 5.73 Å². The summed E-state index contributed by atoms with van der Waals surface area (Å²) in [5.41, 5.74) is 7.15. The number of carbonyl (C=O) groups is 1. The van der Waals surface area contributed by atoms with Crippen LogP contribution in [-0.4, -0.2) is 17.6 Å². The fourth-order valence-electron chi connectivity index (χ4n) is 2.31. The molecule has 2 N–H and O–H groups in total. The maximum atomic E-state index is 12.1. The van der Waals surface area contributed by atoms with Crippen LogP contribution >= 0.6 is 0 Å². The summed E-state index contributed by atoms with van der Waals surface area (Å²) in [7, 11) is 0. The summed E-state index contributed by atoms with van der Waals surface area (Å²) in [6, 6.07) is 7.96. The molecule has 1 aromatic rings. The number of hydrogen-bond donors (Lipinski definition) is 1. The Morgan fingerprint density at radius 1 is 1.25 bits per heavy atom. The molecule has 110 valence electrons. The van der Waals surface area contributed by atoms with Crippen LogP contribution in [-0.2, 0) is 9.63 Å². The van der Waals surface area contributed by atoms with Gasteiger partial charge in [0.15, 0.2) is 0 Å². The molecular weight excluding hydrogens is 252 g/mol. The Balaban J connectivity index is 2.13. The van der Waals surface area contributed by atoms with Gasteiger partial charge >= 0.3 is 5.97 Å². The first-order valence-electron chi connectivity index (χ1n) is 7.22. The van der Waals surface area contributed by atoms with Gasteiger partial charge in [-0.15, -0.1) is 5.06 Å². The van der Waals surface area contributed by atoms with Crippen molar-refractivity contribution in [1.29, 1.82) is 0 Å². The van der Waals surface area contributed by atoms with E-state index in [4.69, 9.17) is 10.6 Å². The fraction of sp³-hybridized carbons (Fsp3) is 0.562. The van der Waals surface area contributed by atoms with Gasteiger partial charge < -0.3 is 10.6 Å². The zero-order chi connectivity index (χ0) is 14.8. The highest BCUT2D eigenvalue weighted by atomic mass is 16.7. The van der Waals surface area contributed by atoms with Crippen molar-refractivity contribution in [2.45, 2.75) is 46.1 Å². The van der Waals surface area contributed by atoms with Crippen molar-refractivity contribution < 1.29 is 9.63 Å². The number of rotatable bonds is 2. The summed E-state index contributed by atoms with van der Waals surface area (Å²) < 4.78 is 0. The van der Waals surface area contributed by atoms with Gasteiger partial charge in [-0.25, -0.2) is 4.79 Å². The quantitative estimate of drug-likeness (QED) is 0.842. The Kier molecular flexibility index (Phi) is 4.33. The van der Waals surface area contributed by atoms with Gasteiger partial charge in [-0.05, 0) is 51.3 Å². The molecule has 0 saturated carbocycles. The number of piperidine rings is 1. The van der Waals surface area contributed by atoms with Gasteiger partial charge in [-0.3, -0.25) is 0 Å². The molecule has 1 aliphatic rings. The summed E-state index contributed by atoms with van der Waals surface area (Å²) in [5, 5.41) is 1.84. The summed E-state index contributed by atoms with van der Waals surface area (Å²) in [6.07, 6.45) is 3.21. The van der Waals surface area contributed by atoms with E-state index in [0.717, 1.165) is 37.1 Å². The van der Waals surface area contributed by atoms with Crippen LogP contribution in [0, 0.1) is 5.41 Å². The van der Waals surface area contributed by atoms with Crippen molar-refractivity contribution in [2.24, 2.45) is 5.41 Å². The normalized spacial score (nSPS) is 20.6. The van der Waals surface area contributed by atoms with Crippen LogP contribution in [0.5, 0.6) is 0 Å². The lowest BCUT2D eigenvalue weighted by Gasteiger charge is -2.35. The molecule has 1 aromatic carbocycles. The van der Waals surface area contributed by atoms with Gasteiger partial charge in [0, 0.05) is 12.2 Å². The second-order valence-corrected chi connectivity index (χ2v) is 6.45. The topological polar surface area (TPSA) is 55.6 Å². The van der Waals surface area contributed by atoms with E-state index in [1.807, 2.05) is 50.1 Å². The minimum atomic E-state index is -0.483. The fourth-order valence-corrected chi connectivity index (χ4v) is 2.31. The second-order valence-electron chi connectivity index (χ2n) is 6.45. The highest BCUT2D eigenvalue weighted by molar-refractivity contribution is 5.75. The van der Waals surface area contributed by atoms with Crippen molar-refractivity contribution >= 4 is 11.7 Å². The number of benzene rings is 1. The number of hydrogen-bond acceptors (Lipinski definition) is 4. The van der Waals surface area contributed by atoms with Crippen LogP contribution in [0.1, 0.15) is 51.6 Å². The van der Waals surface area contributed by atoms with Crippen LogP contribution in [0.25, 0.3) is 0 Å². The number of anilines is 1. The molecule has 1 atom stereocenters. The maximum absolute atomic E-state index is 12.1. The minimum absolute atomic E-state index is 0.135. The second kappa shape index (κ2) is 5.83. The molecule has 1 fully saturated rings. The molecule has 1 saturated heterocycles. The van der Waals surface area contributed by atoms with Crippen molar-refractivity contribution in [3.05, 3.63) is 29.8 Å².